The zero-order valence-corrected chi connectivity index (χ0v) is 13.2. The van der Waals surface area contributed by atoms with E-state index < -0.39 is 5.60 Å². The number of H-pyrrole nitrogens is 1. The first-order valence-electron chi connectivity index (χ1n) is 6.74. The molecule has 20 heavy (non-hydrogen) atoms. The number of hydrogen-bond donors (Lipinski definition) is 1. The van der Waals surface area contributed by atoms with Crippen molar-refractivity contribution < 1.29 is 4.74 Å². The second-order valence-corrected chi connectivity index (χ2v) is 5.43. The molecule has 0 aliphatic rings. The zero-order valence-electron chi connectivity index (χ0n) is 12.4. The predicted octanol–water partition coefficient (Wildman–Crippen LogP) is 4.39. The molecule has 2 rings (SSSR count). The lowest BCUT2D eigenvalue weighted by Gasteiger charge is -2.26. The predicted molar refractivity (Wildman–Crippen MR) is 84.2 cm³/mol. The van der Waals surface area contributed by atoms with Crippen LogP contribution in [0.3, 0.4) is 0 Å². The summed E-state index contributed by atoms with van der Waals surface area (Å²) in [4.78, 5) is 7.92. The molecule has 3 nitrogen and oxygen atoms in total. The Morgan fingerprint density at radius 1 is 1.30 bits per heavy atom. The number of nitrogens with one attached hydrogen (secondary N) is 1. The molecule has 0 aliphatic carbocycles. The van der Waals surface area contributed by atoms with Crippen molar-refractivity contribution in [3.8, 4) is 11.3 Å². The molecular weight excluding hydrogens is 268 g/mol. The smallest absolute Gasteiger partial charge is 0.140 e. The van der Waals surface area contributed by atoms with E-state index in [1.165, 1.54) is 0 Å². The highest BCUT2D eigenvalue weighted by molar-refractivity contribution is 7.71. The van der Waals surface area contributed by atoms with E-state index in [1.54, 1.807) is 7.11 Å². The first kappa shape index (κ1) is 14.9. The lowest BCUT2D eigenvalue weighted by atomic mass is 10.0. The van der Waals surface area contributed by atoms with Crippen LogP contribution in [0.2, 0.25) is 0 Å². The Labute approximate surface area is 125 Å². The minimum absolute atomic E-state index is 0.454. The summed E-state index contributed by atoms with van der Waals surface area (Å²) in [7, 11) is 1.70. The van der Waals surface area contributed by atoms with Gasteiger partial charge in [0.15, 0.2) is 0 Å². The number of methoxy groups -OCH3 is 1. The van der Waals surface area contributed by atoms with E-state index in [9.17, 15) is 0 Å². The fourth-order valence-electron chi connectivity index (χ4n) is 2.08. The van der Waals surface area contributed by atoms with Crippen molar-refractivity contribution in [2.45, 2.75) is 32.8 Å². The molecule has 0 saturated carbocycles. The van der Waals surface area contributed by atoms with E-state index in [2.05, 4.69) is 29.0 Å². The zero-order chi connectivity index (χ0) is 14.8. The maximum Gasteiger partial charge on any atom is 0.140 e. The van der Waals surface area contributed by atoms with Gasteiger partial charge >= 0.3 is 0 Å². The topological polar surface area (TPSA) is 37.9 Å². The third-order valence-electron chi connectivity index (χ3n) is 3.84. The molecule has 0 radical (unpaired) electrons. The van der Waals surface area contributed by atoms with Gasteiger partial charge in [-0.25, -0.2) is 4.98 Å². The molecule has 0 aliphatic heterocycles. The van der Waals surface area contributed by atoms with Gasteiger partial charge in [-0.1, -0.05) is 49.5 Å². The number of rotatable bonds is 4. The number of benzene rings is 1. The number of nitrogens with zero attached hydrogens (tertiary/aromatic N) is 1. The molecule has 0 saturated heterocycles. The largest absolute Gasteiger partial charge is 0.371 e. The van der Waals surface area contributed by atoms with Gasteiger partial charge in [0.05, 0.1) is 5.69 Å². The Kier molecular flexibility index (Phi) is 4.35. The van der Waals surface area contributed by atoms with Gasteiger partial charge in [-0.15, -0.1) is 0 Å². The molecule has 1 atom stereocenters. The Bertz CT molecular complexity index is 645. The molecule has 0 amide bonds. The third kappa shape index (κ3) is 2.67. The van der Waals surface area contributed by atoms with Gasteiger partial charge in [0.1, 0.15) is 16.1 Å². The summed E-state index contributed by atoms with van der Waals surface area (Å²) in [5, 5.41) is 0. The third-order valence-corrected chi connectivity index (χ3v) is 4.24. The molecule has 106 valence electrons. The van der Waals surface area contributed by atoms with E-state index in [1.807, 2.05) is 32.0 Å². The van der Waals surface area contributed by atoms with Crippen LogP contribution in [0.25, 0.3) is 11.3 Å². The number of hydrogen-bond acceptors (Lipinski definition) is 3. The second-order valence-electron chi connectivity index (χ2n) is 5.05. The second kappa shape index (κ2) is 5.85. The van der Waals surface area contributed by atoms with Crippen LogP contribution in [0.4, 0.5) is 0 Å². The summed E-state index contributed by atoms with van der Waals surface area (Å²) >= 11 is 5.41. The van der Waals surface area contributed by atoms with Crippen LogP contribution in [0.1, 0.15) is 31.7 Å². The van der Waals surface area contributed by atoms with Gasteiger partial charge < -0.3 is 9.72 Å². The lowest BCUT2D eigenvalue weighted by Crippen LogP contribution is -2.26. The Hall–Kier alpha value is -1.52. The number of aromatic nitrogens is 2. The highest BCUT2D eigenvalue weighted by atomic mass is 32.1. The summed E-state index contributed by atoms with van der Waals surface area (Å²) in [6.07, 6.45) is 0.819. The van der Waals surface area contributed by atoms with Gasteiger partial charge in [0, 0.05) is 12.7 Å². The fraction of sp³-hybridized carbons (Fsp3) is 0.375. The minimum Gasteiger partial charge on any atom is -0.371 e. The van der Waals surface area contributed by atoms with Crippen molar-refractivity contribution in [3.63, 3.8) is 0 Å². The average Bonchev–Trinajstić information content (AvgIpc) is 2.50. The summed E-state index contributed by atoms with van der Waals surface area (Å²) in [5.74, 6) is 0.775. The molecule has 1 aromatic carbocycles. The molecule has 1 N–H and O–H groups in total. The monoisotopic (exact) mass is 288 g/mol. The van der Waals surface area contributed by atoms with E-state index in [4.69, 9.17) is 17.0 Å². The first-order chi connectivity index (χ1) is 9.51. The van der Waals surface area contributed by atoms with Crippen LogP contribution >= 0.6 is 12.2 Å². The standard InChI is InChI=1S/C16H20N2OS/c1-5-16(3,19-4)15-17-13(11(2)14(20)18-15)12-9-7-6-8-10-12/h6-10H,5H2,1-4H3,(H,17,18,20). The average molecular weight is 288 g/mol. The van der Waals surface area contributed by atoms with Gasteiger partial charge in [-0.2, -0.15) is 0 Å². The van der Waals surface area contributed by atoms with Crippen LogP contribution in [-0.2, 0) is 10.3 Å². The van der Waals surface area contributed by atoms with E-state index in [-0.39, 0.29) is 0 Å². The van der Waals surface area contributed by atoms with E-state index in [0.29, 0.717) is 4.64 Å². The van der Waals surface area contributed by atoms with Crippen molar-refractivity contribution in [1.29, 1.82) is 0 Å². The molecule has 0 bridgehead atoms. The molecule has 1 aromatic heterocycles. The van der Waals surface area contributed by atoms with Crippen LogP contribution in [0, 0.1) is 11.6 Å². The fourth-order valence-corrected chi connectivity index (χ4v) is 2.28. The van der Waals surface area contributed by atoms with Gasteiger partial charge in [-0.3, -0.25) is 0 Å². The van der Waals surface area contributed by atoms with Gasteiger partial charge in [-0.05, 0) is 25.8 Å². The van der Waals surface area contributed by atoms with E-state index in [0.717, 1.165) is 29.1 Å². The highest BCUT2D eigenvalue weighted by Gasteiger charge is 2.27. The Morgan fingerprint density at radius 2 is 1.95 bits per heavy atom. The van der Waals surface area contributed by atoms with Gasteiger partial charge in [0.2, 0.25) is 0 Å². The van der Waals surface area contributed by atoms with Crippen molar-refractivity contribution >= 4 is 12.2 Å². The minimum atomic E-state index is -0.454. The number of aromatic amines is 1. The van der Waals surface area contributed by atoms with Crippen molar-refractivity contribution in [3.05, 3.63) is 46.4 Å². The Balaban J connectivity index is 2.66. The molecule has 4 heteroatoms. The molecule has 0 fully saturated rings. The van der Waals surface area contributed by atoms with Crippen molar-refractivity contribution in [1.82, 2.24) is 9.97 Å². The summed E-state index contributed by atoms with van der Waals surface area (Å²) < 4.78 is 6.24. The maximum absolute atomic E-state index is 5.62. The van der Waals surface area contributed by atoms with Gasteiger partial charge in [0.25, 0.3) is 0 Å². The molecular formula is C16H20N2OS. The van der Waals surface area contributed by atoms with Crippen LogP contribution < -0.4 is 0 Å². The maximum atomic E-state index is 5.62. The lowest BCUT2D eigenvalue weighted by molar-refractivity contribution is -0.00899. The molecule has 1 unspecified atom stereocenters. The molecule has 1 heterocycles. The molecule has 2 aromatic rings. The molecule has 0 spiro atoms. The Morgan fingerprint density at radius 3 is 2.50 bits per heavy atom. The summed E-state index contributed by atoms with van der Waals surface area (Å²) in [6.45, 7) is 6.09. The number of ether oxygens (including phenoxy) is 1. The summed E-state index contributed by atoms with van der Waals surface area (Å²) in [5.41, 5.74) is 2.65. The van der Waals surface area contributed by atoms with E-state index >= 15 is 0 Å². The van der Waals surface area contributed by atoms with Crippen LogP contribution in [0.5, 0.6) is 0 Å². The normalized spacial score (nSPS) is 14.0. The highest BCUT2D eigenvalue weighted by Crippen LogP contribution is 2.29. The quantitative estimate of drug-likeness (QED) is 0.848. The van der Waals surface area contributed by atoms with Crippen LogP contribution in [-0.4, -0.2) is 17.1 Å². The van der Waals surface area contributed by atoms with Crippen molar-refractivity contribution in [2.24, 2.45) is 0 Å². The van der Waals surface area contributed by atoms with Crippen molar-refractivity contribution in [2.75, 3.05) is 7.11 Å². The van der Waals surface area contributed by atoms with Crippen LogP contribution in [0.15, 0.2) is 30.3 Å². The first-order valence-corrected chi connectivity index (χ1v) is 7.14. The summed E-state index contributed by atoms with van der Waals surface area (Å²) in [6, 6.07) is 10.2. The SMILES string of the molecule is CCC(C)(OC)c1nc(=S)c(C)c(-c2ccccc2)[nH]1.